The number of carbonyl (C=O) groups is 1. The number of carboxylic acid groups (broad SMARTS) is 1. The van der Waals surface area contributed by atoms with Gasteiger partial charge in [-0.15, -0.1) is 4.31 Å². The lowest BCUT2D eigenvalue weighted by molar-refractivity contribution is 0.0696. The minimum atomic E-state index is -3.76. The van der Waals surface area contributed by atoms with Gasteiger partial charge in [0.05, 0.1) is 25.3 Å². The van der Waals surface area contributed by atoms with Crippen LogP contribution in [0.4, 0.5) is 5.69 Å². The van der Waals surface area contributed by atoms with E-state index in [4.69, 9.17) is 9.84 Å². The van der Waals surface area contributed by atoms with Gasteiger partial charge in [0.1, 0.15) is 5.75 Å². The molecule has 7 nitrogen and oxygen atoms in total. The molecule has 2 unspecified atom stereocenters. The SMILES string of the molecule is O=C(O)c1ccc([S+](=O)([O-])N2CC(COc3ccccc3)C3(CN(c4ccccc4)C3)C2)cc1. The standard InChI is InChI=1S/C26H26N2O5S/c29-25(30)20-11-13-24(14-12-20)34(31,32)28-15-21(16-33-23-9-5-2-6-10-23)26(19-28)17-27(18-26)22-7-3-1-4-8-22/h1-14,21H,15-19H2,(H-,29,30,31,32). The van der Waals surface area contributed by atoms with Gasteiger partial charge >= 0.3 is 5.97 Å². The highest BCUT2D eigenvalue weighted by Gasteiger charge is 2.58. The van der Waals surface area contributed by atoms with Crippen molar-refractivity contribution in [2.45, 2.75) is 4.90 Å². The zero-order valence-corrected chi connectivity index (χ0v) is 19.4. The lowest BCUT2D eigenvalue weighted by Crippen LogP contribution is -2.61. The lowest BCUT2D eigenvalue weighted by Gasteiger charge is -2.52. The summed E-state index contributed by atoms with van der Waals surface area (Å²) in [6.07, 6.45) is 0. The van der Waals surface area contributed by atoms with Crippen LogP contribution in [0.3, 0.4) is 0 Å². The van der Waals surface area contributed by atoms with E-state index in [1.807, 2.05) is 48.5 Å². The molecular formula is C26H26N2O5S. The fourth-order valence-electron chi connectivity index (χ4n) is 4.92. The van der Waals surface area contributed by atoms with Gasteiger partial charge < -0.3 is 19.3 Å². The van der Waals surface area contributed by atoms with Crippen molar-refractivity contribution in [3.05, 3.63) is 90.5 Å². The summed E-state index contributed by atoms with van der Waals surface area (Å²) in [4.78, 5) is 13.5. The maximum atomic E-state index is 13.4. The Kier molecular flexibility index (Phi) is 5.89. The molecule has 0 bridgehead atoms. The van der Waals surface area contributed by atoms with Gasteiger partial charge in [-0.3, -0.25) is 0 Å². The smallest absolute Gasteiger partial charge is 0.335 e. The number of sulfonamides is 1. The highest BCUT2D eigenvalue weighted by atomic mass is 32.3. The van der Waals surface area contributed by atoms with Crippen molar-refractivity contribution in [1.29, 1.82) is 0 Å². The van der Waals surface area contributed by atoms with Crippen LogP contribution >= 0.6 is 0 Å². The number of benzene rings is 3. The van der Waals surface area contributed by atoms with Gasteiger partial charge in [-0.1, -0.05) is 40.6 Å². The number of carboxylic acids is 1. The first-order valence-electron chi connectivity index (χ1n) is 11.2. The summed E-state index contributed by atoms with van der Waals surface area (Å²) in [5.41, 5.74) is 0.975. The molecule has 2 aliphatic heterocycles. The number of ether oxygens (including phenoxy) is 1. The van der Waals surface area contributed by atoms with Gasteiger partial charge in [-0.05, 0) is 48.5 Å². The third kappa shape index (κ3) is 4.20. The molecule has 34 heavy (non-hydrogen) atoms. The second kappa shape index (κ2) is 8.87. The molecule has 3 aromatic carbocycles. The molecule has 3 aromatic rings. The minimum absolute atomic E-state index is 0.0285. The molecule has 8 heteroatoms. The van der Waals surface area contributed by atoms with Crippen LogP contribution < -0.4 is 9.64 Å². The zero-order valence-electron chi connectivity index (χ0n) is 18.6. The quantitative estimate of drug-likeness (QED) is 0.519. The highest BCUT2D eigenvalue weighted by molar-refractivity contribution is 7.95. The van der Waals surface area contributed by atoms with Crippen LogP contribution in [0.1, 0.15) is 10.4 Å². The summed E-state index contributed by atoms with van der Waals surface area (Å²) < 4.78 is 34.5. The van der Waals surface area contributed by atoms with Crippen molar-refractivity contribution >= 4 is 22.1 Å². The van der Waals surface area contributed by atoms with Gasteiger partial charge in [0.15, 0.2) is 15.3 Å². The molecule has 2 atom stereocenters. The molecule has 1 spiro atoms. The summed E-state index contributed by atoms with van der Waals surface area (Å²) in [5, 5.41) is 9.13. The second-order valence-corrected chi connectivity index (χ2v) is 10.9. The average molecular weight is 479 g/mol. The van der Waals surface area contributed by atoms with Crippen molar-refractivity contribution in [2.24, 2.45) is 11.3 Å². The Labute approximate surface area is 200 Å². The Morgan fingerprint density at radius 1 is 0.971 bits per heavy atom. The van der Waals surface area contributed by atoms with Crippen LogP contribution in [0.2, 0.25) is 0 Å². The van der Waals surface area contributed by atoms with Crippen molar-refractivity contribution in [3.8, 4) is 5.75 Å². The molecule has 2 heterocycles. The molecule has 1 N–H and O–H groups in total. The van der Waals surface area contributed by atoms with Crippen molar-refractivity contribution in [2.75, 3.05) is 37.7 Å². The fourth-order valence-corrected chi connectivity index (χ4v) is 6.50. The predicted molar refractivity (Wildman–Crippen MR) is 129 cm³/mol. The Morgan fingerprint density at radius 2 is 1.59 bits per heavy atom. The fraction of sp³-hybridized carbons (Fsp3) is 0.269. The van der Waals surface area contributed by atoms with Gasteiger partial charge in [0.2, 0.25) is 0 Å². The molecule has 2 saturated heterocycles. The van der Waals surface area contributed by atoms with Gasteiger partial charge in [-0.2, -0.15) is 0 Å². The summed E-state index contributed by atoms with van der Waals surface area (Å²) in [6.45, 7) is 2.70. The van der Waals surface area contributed by atoms with E-state index in [0.29, 0.717) is 19.7 Å². The lowest BCUT2D eigenvalue weighted by atomic mass is 9.71. The molecule has 176 valence electrons. The van der Waals surface area contributed by atoms with E-state index >= 15 is 0 Å². The van der Waals surface area contributed by atoms with Crippen LogP contribution in [-0.4, -0.2) is 52.7 Å². The van der Waals surface area contributed by atoms with E-state index in [1.165, 1.54) is 28.6 Å². The van der Waals surface area contributed by atoms with Crippen LogP contribution in [0, 0.1) is 11.3 Å². The largest absolute Gasteiger partial charge is 0.593 e. The number of nitrogens with zero attached hydrogens (tertiary/aromatic N) is 2. The van der Waals surface area contributed by atoms with Crippen molar-refractivity contribution in [1.82, 2.24) is 4.31 Å². The number of hydrogen-bond acceptors (Lipinski definition) is 5. The Morgan fingerprint density at radius 3 is 2.21 bits per heavy atom. The predicted octanol–water partition coefficient (Wildman–Crippen LogP) is 3.81. The summed E-state index contributed by atoms with van der Waals surface area (Å²) in [6, 6.07) is 25.1. The molecule has 0 aromatic heterocycles. The van der Waals surface area contributed by atoms with Gasteiger partial charge in [0.25, 0.3) is 0 Å². The monoisotopic (exact) mass is 478 g/mol. The van der Waals surface area contributed by atoms with Crippen LogP contribution in [0.25, 0.3) is 0 Å². The molecule has 0 aliphatic carbocycles. The number of aromatic carboxylic acids is 1. The molecule has 0 radical (unpaired) electrons. The van der Waals surface area contributed by atoms with Crippen molar-refractivity contribution < 1.29 is 23.4 Å². The third-order valence-electron chi connectivity index (χ3n) is 6.85. The molecule has 0 amide bonds. The van der Waals surface area contributed by atoms with Crippen LogP contribution in [0.5, 0.6) is 5.75 Å². The number of anilines is 1. The first-order chi connectivity index (χ1) is 16.4. The minimum Gasteiger partial charge on any atom is -0.593 e. The maximum Gasteiger partial charge on any atom is 0.335 e. The van der Waals surface area contributed by atoms with E-state index < -0.39 is 16.4 Å². The van der Waals surface area contributed by atoms with E-state index in [2.05, 4.69) is 17.0 Å². The maximum absolute atomic E-state index is 13.4. The van der Waals surface area contributed by atoms with E-state index in [-0.39, 0.29) is 21.8 Å². The first kappa shape index (κ1) is 22.6. The molecule has 2 fully saturated rings. The highest BCUT2D eigenvalue weighted by Crippen LogP contribution is 2.48. The Balaban J connectivity index is 1.37. The second-order valence-electron chi connectivity index (χ2n) is 9.00. The van der Waals surface area contributed by atoms with Gasteiger partial charge in [-0.25, -0.2) is 4.79 Å². The normalized spacial score (nSPS) is 21.1. The van der Waals surface area contributed by atoms with Gasteiger partial charge in [0, 0.05) is 30.1 Å². The van der Waals surface area contributed by atoms with Crippen LogP contribution in [0.15, 0.2) is 89.8 Å². The van der Waals surface area contributed by atoms with E-state index in [9.17, 15) is 13.6 Å². The molecule has 2 aliphatic rings. The average Bonchev–Trinajstić information content (AvgIpc) is 3.24. The number of rotatable bonds is 7. The Hall–Kier alpha value is -3.20. The topological polar surface area (TPSA) is 93.1 Å². The van der Waals surface area contributed by atoms with E-state index in [1.54, 1.807) is 0 Å². The molecule has 5 rings (SSSR count). The zero-order chi connectivity index (χ0) is 23.8. The van der Waals surface area contributed by atoms with Crippen molar-refractivity contribution in [3.63, 3.8) is 0 Å². The van der Waals surface area contributed by atoms with Crippen LogP contribution in [-0.2, 0) is 14.6 Å². The Bertz CT molecular complexity index is 1200. The number of para-hydroxylation sites is 2. The first-order valence-corrected chi connectivity index (χ1v) is 12.6. The number of hydrogen-bond donors (Lipinski definition) is 1. The molecular weight excluding hydrogens is 452 g/mol. The summed E-state index contributed by atoms with van der Waals surface area (Å²) >= 11 is 0. The van der Waals surface area contributed by atoms with E-state index in [0.717, 1.165) is 24.5 Å². The summed E-state index contributed by atoms with van der Waals surface area (Å²) in [7, 11) is -3.76. The summed E-state index contributed by atoms with van der Waals surface area (Å²) in [5.74, 6) is -0.291. The third-order valence-corrected chi connectivity index (χ3v) is 8.67. The molecule has 0 saturated carbocycles.